The third-order valence-electron chi connectivity index (χ3n) is 1.97. The van der Waals surface area contributed by atoms with Crippen molar-refractivity contribution in [2.75, 3.05) is 11.5 Å². The van der Waals surface area contributed by atoms with E-state index >= 15 is 0 Å². The first kappa shape index (κ1) is 12.9. The maximum Gasteiger partial charge on any atom is 0.175 e. The summed E-state index contributed by atoms with van der Waals surface area (Å²) in [7, 11) is 0. The van der Waals surface area contributed by atoms with Crippen molar-refractivity contribution in [1.29, 1.82) is 0 Å². The third-order valence-corrected chi connectivity index (χ3v) is 5.04. The molecule has 2 aromatic rings. The number of aromatic nitrogens is 3. The van der Waals surface area contributed by atoms with Gasteiger partial charge in [-0.05, 0) is 24.3 Å². The molecule has 3 nitrogen and oxygen atoms in total. The van der Waals surface area contributed by atoms with Crippen molar-refractivity contribution >= 4 is 34.9 Å². The molecule has 2 aromatic heterocycles. The quantitative estimate of drug-likeness (QED) is 0.760. The Labute approximate surface area is 113 Å². The summed E-state index contributed by atoms with van der Waals surface area (Å²) in [5, 5.41) is 8.28. The van der Waals surface area contributed by atoms with Gasteiger partial charge in [0, 0.05) is 17.6 Å². The van der Waals surface area contributed by atoms with E-state index in [4.69, 9.17) is 0 Å². The zero-order valence-corrected chi connectivity index (χ0v) is 11.9. The van der Waals surface area contributed by atoms with Crippen LogP contribution in [0, 0.1) is 0 Å². The number of thioether (sulfide) groups is 2. The molecular weight excluding hydrogens is 270 g/mol. The molecular formula is C11H13N3S3. The molecule has 0 aliphatic rings. The second kappa shape index (κ2) is 6.98. The van der Waals surface area contributed by atoms with E-state index in [0.717, 1.165) is 32.3 Å². The minimum atomic E-state index is 0.974. The summed E-state index contributed by atoms with van der Waals surface area (Å²) in [5.41, 5.74) is 1.13. The maximum absolute atomic E-state index is 4.29. The molecule has 2 heterocycles. The van der Waals surface area contributed by atoms with Crippen molar-refractivity contribution < 1.29 is 0 Å². The lowest BCUT2D eigenvalue weighted by Crippen LogP contribution is -1.91. The SMILES string of the molecule is CCSc1nnc(SCCc2ccccn2)s1. The van der Waals surface area contributed by atoms with Crippen LogP contribution in [0.1, 0.15) is 12.6 Å². The van der Waals surface area contributed by atoms with Gasteiger partial charge in [0.05, 0.1) is 0 Å². The van der Waals surface area contributed by atoms with Crippen molar-refractivity contribution in [1.82, 2.24) is 15.2 Å². The standard InChI is InChI=1S/C11H13N3S3/c1-2-15-10-13-14-11(17-10)16-8-6-9-5-3-4-7-12-9/h3-5,7H,2,6,8H2,1H3. The average Bonchev–Trinajstić information content (AvgIpc) is 2.79. The van der Waals surface area contributed by atoms with Gasteiger partial charge < -0.3 is 0 Å². The van der Waals surface area contributed by atoms with Gasteiger partial charge in [0.15, 0.2) is 8.68 Å². The van der Waals surface area contributed by atoms with E-state index in [1.807, 2.05) is 18.3 Å². The van der Waals surface area contributed by atoms with Crippen LogP contribution in [0.3, 0.4) is 0 Å². The van der Waals surface area contributed by atoms with Crippen LogP contribution in [-0.4, -0.2) is 26.7 Å². The number of nitrogens with zero attached hydrogens (tertiary/aromatic N) is 3. The summed E-state index contributed by atoms with van der Waals surface area (Å²) in [4.78, 5) is 4.29. The van der Waals surface area contributed by atoms with Gasteiger partial charge in [0.1, 0.15) is 0 Å². The Morgan fingerprint density at radius 1 is 1.18 bits per heavy atom. The van der Waals surface area contributed by atoms with Crippen LogP contribution in [0.15, 0.2) is 33.1 Å². The van der Waals surface area contributed by atoms with Crippen LogP contribution in [0.5, 0.6) is 0 Å². The highest BCUT2D eigenvalue weighted by Crippen LogP contribution is 2.28. The largest absolute Gasteiger partial charge is 0.261 e. The van der Waals surface area contributed by atoms with Gasteiger partial charge in [-0.2, -0.15) is 0 Å². The van der Waals surface area contributed by atoms with E-state index in [1.165, 1.54) is 0 Å². The van der Waals surface area contributed by atoms with Gasteiger partial charge in [-0.25, -0.2) is 0 Å². The fourth-order valence-electron chi connectivity index (χ4n) is 1.23. The summed E-state index contributed by atoms with van der Waals surface area (Å²) in [6, 6.07) is 6.02. The fraction of sp³-hybridized carbons (Fsp3) is 0.364. The summed E-state index contributed by atoms with van der Waals surface area (Å²) in [5.74, 6) is 2.05. The van der Waals surface area contributed by atoms with Gasteiger partial charge in [0.25, 0.3) is 0 Å². The van der Waals surface area contributed by atoms with Crippen LogP contribution in [0.4, 0.5) is 0 Å². The lowest BCUT2D eigenvalue weighted by molar-refractivity contribution is 0.952. The van der Waals surface area contributed by atoms with Crippen LogP contribution < -0.4 is 0 Å². The van der Waals surface area contributed by atoms with Crippen molar-refractivity contribution in [2.24, 2.45) is 0 Å². The lowest BCUT2D eigenvalue weighted by atomic mass is 10.3. The van der Waals surface area contributed by atoms with Gasteiger partial charge in [-0.1, -0.05) is 47.9 Å². The molecule has 0 unspecified atom stereocenters. The van der Waals surface area contributed by atoms with Crippen LogP contribution in [0.25, 0.3) is 0 Å². The molecule has 6 heteroatoms. The van der Waals surface area contributed by atoms with Gasteiger partial charge in [-0.3, -0.25) is 4.98 Å². The highest BCUT2D eigenvalue weighted by molar-refractivity contribution is 8.03. The topological polar surface area (TPSA) is 38.7 Å². The summed E-state index contributed by atoms with van der Waals surface area (Å²) < 4.78 is 2.12. The van der Waals surface area contributed by atoms with Crippen LogP contribution in [-0.2, 0) is 6.42 Å². The predicted octanol–water partition coefficient (Wildman–Crippen LogP) is 3.38. The molecule has 0 aliphatic carbocycles. The molecule has 0 spiro atoms. The van der Waals surface area contributed by atoms with Gasteiger partial charge >= 0.3 is 0 Å². The van der Waals surface area contributed by atoms with E-state index in [-0.39, 0.29) is 0 Å². The Hall–Kier alpha value is -0.590. The molecule has 0 atom stereocenters. The Kier molecular flexibility index (Phi) is 5.28. The van der Waals surface area contributed by atoms with E-state index in [1.54, 1.807) is 34.9 Å². The average molecular weight is 283 g/mol. The molecule has 0 saturated carbocycles. The molecule has 2 rings (SSSR count). The summed E-state index contributed by atoms with van der Waals surface area (Å²) in [6.07, 6.45) is 2.81. The molecule has 0 fully saturated rings. The molecule has 17 heavy (non-hydrogen) atoms. The Bertz CT molecular complexity index is 444. The molecule has 0 saturated heterocycles. The molecule has 0 amide bonds. The van der Waals surface area contributed by atoms with E-state index in [9.17, 15) is 0 Å². The smallest absolute Gasteiger partial charge is 0.175 e. The van der Waals surface area contributed by atoms with E-state index < -0.39 is 0 Å². The predicted molar refractivity (Wildman–Crippen MR) is 75.0 cm³/mol. The molecule has 0 N–H and O–H groups in total. The van der Waals surface area contributed by atoms with E-state index in [2.05, 4.69) is 28.2 Å². The van der Waals surface area contributed by atoms with Gasteiger partial charge in [-0.15, -0.1) is 10.2 Å². The zero-order chi connectivity index (χ0) is 11.9. The molecule has 0 aromatic carbocycles. The number of hydrogen-bond acceptors (Lipinski definition) is 6. The van der Waals surface area contributed by atoms with E-state index in [0.29, 0.717) is 0 Å². The first-order chi connectivity index (χ1) is 8.38. The Morgan fingerprint density at radius 3 is 2.71 bits per heavy atom. The van der Waals surface area contributed by atoms with Crippen molar-refractivity contribution in [3.8, 4) is 0 Å². The minimum absolute atomic E-state index is 0.974. The molecule has 0 radical (unpaired) electrons. The van der Waals surface area contributed by atoms with Crippen molar-refractivity contribution in [3.05, 3.63) is 30.1 Å². The number of aryl methyl sites for hydroxylation is 1. The molecule has 90 valence electrons. The highest BCUT2D eigenvalue weighted by Gasteiger charge is 2.04. The second-order valence-corrected chi connectivity index (χ2v) is 7.02. The number of rotatable bonds is 6. The maximum atomic E-state index is 4.29. The summed E-state index contributed by atoms with van der Waals surface area (Å²) in [6.45, 7) is 2.12. The highest BCUT2D eigenvalue weighted by atomic mass is 32.2. The first-order valence-electron chi connectivity index (χ1n) is 5.37. The number of hydrogen-bond donors (Lipinski definition) is 0. The third kappa shape index (κ3) is 4.29. The Balaban J connectivity index is 1.78. The lowest BCUT2D eigenvalue weighted by Gasteiger charge is -1.97. The first-order valence-corrected chi connectivity index (χ1v) is 8.16. The molecule has 0 bridgehead atoms. The van der Waals surface area contributed by atoms with Crippen molar-refractivity contribution in [3.63, 3.8) is 0 Å². The second-order valence-electron chi connectivity index (χ2n) is 3.19. The van der Waals surface area contributed by atoms with Crippen LogP contribution in [0.2, 0.25) is 0 Å². The minimum Gasteiger partial charge on any atom is -0.261 e. The zero-order valence-electron chi connectivity index (χ0n) is 9.50. The molecule has 0 aliphatic heterocycles. The van der Waals surface area contributed by atoms with Crippen LogP contribution >= 0.6 is 34.9 Å². The van der Waals surface area contributed by atoms with Crippen molar-refractivity contribution in [2.45, 2.75) is 22.0 Å². The Morgan fingerprint density at radius 2 is 2.00 bits per heavy atom. The van der Waals surface area contributed by atoms with Gasteiger partial charge in [0.2, 0.25) is 0 Å². The normalized spacial score (nSPS) is 10.6. The summed E-state index contributed by atoms with van der Waals surface area (Å²) >= 11 is 5.17. The fourth-order valence-corrected chi connectivity index (χ4v) is 4.18. The monoisotopic (exact) mass is 283 g/mol. The number of pyridine rings is 1.